The topological polar surface area (TPSA) is 12.9 Å². The van der Waals surface area contributed by atoms with E-state index in [0.29, 0.717) is 0 Å². The Morgan fingerprint density at radius 3 is 2.89 bits per heavy atom. The lowest BCUT2D eigenvalue weighted by atomic mass is 10.2. The number of benzene rings is 1. The molecule has 0 bridgehead atoms. The number of hydrogen-bond acceptors (Lipinski definition) is 4. The van der Waals surface area contributed by atoms with Gasteiger partial charge >= 0.3 is 0 Å². The van der Waals surface area contributed by atoms with Crippen LogP contribution < -0.4 is 0 Å². The Balaban J connectivity index is 2.00. The minimum absolute atomic E-state index is 1.04. The summed E-state index contributed by atoms with van der Waals surface area (Å²) in [4.78, 5) is 4.76. The van der Waals surface area contributed by atoms with E-state index in [9.17, 15) is 0 Å². The highest BCUT2D eigenvalue weighted by Gasteiger charge is 2.11. The van der Waals surface area contributed by atoms with Crippen LogP contribution in [0.15, 0.2) is 49.8 Å². The van der Waals surface area contributed by atoms with Gasteiger partial charge < -0.3 is 0 Å². The standard InChI is InChI=1S/C14H10BrNS3/c1-17-14-11(5-6-18-14)13-16-12(8-19-13)9-3-2-4-10(15)7-9/h2-8H,1H3. The van der Waals surface area contributed by atoms with Crippen LogP contribution in [0.25, 0.3) is 21.8 Å². The van der Waals surface area contributed by atoms with Gasteiger partial charge in [0.25, 0.3) is 0 Å². The predicted octanol–water partition coefficient (Wildman–Crippen LogP) is 6.02. The van der Waals surface area contributed by atoms with Crippen LogP contribution in [0.1, 0.15) is 0 Å². The first kappa shape index (κ1) is 13.4. The summed E-state index contributed by atoms with van der Waals surface area (Å²) in [5.74, 6) is 0. The second-order valence-electron chi connectivity index (χ2n) is 3.87. The van der Waals surface area contributed by atoms with Crippen molar-refractivity contribution in [1.82, 2.24) is 4.98 Å². The molecule has 0 radical (unpaired) electrons. The van der Waals surface area contributed by atoms with Crippen molar-refractivity contribution in [3.8, 4) is 21.8 Å². The van der Waals surface area contributed by atoms with Crippen molar-refractivity contribution in [2.75, 3.05) is 6.26 Å². The number of nitrogens with zero attached hydrogens (tertiary/aromatic N) is 1. The lowest BCUT2D eigenvalue weighted by molar-refractivity contribution is 1.39. The Labute approximate surface area is 132 Å². The van der Waals surface area contributed by atoms with Crippen LogP contribution in [0.2, 0.25) is 0 Å². The first-order valence-corrected chi connectivity index (χ1v) is 9.39. The van der Waals surface area contributed by atoms with Crippen LogP contribution in [0.3, 0.4) is 0 Å². The fourth-order valence-electron chi connectivity index (χ4n) is 1.79. The SMILES string of the molecule is CSc1sccc1-c1nc(-c2cccc(Br)c2)cs1. The third-order valence-corrected chi connectivity index (χ3v) is 6.12. The van der Waals surface area contributed by atoms with E-state index >= 15 is 0 Å². The highest BCUT2D eigenvalue weighted by Crippen LogP contribution is 2.38. The monoisotopic (exact) mass is 367 g/mol. The third-order valence-electron chi connectivity index (χ3n) is 2.67. The Morgan fingerprint density at radius 2 is 2.11 bits per heavy atom. The molecule has 0 unspecified atom stereocenters. The second-order valence-corrected chi connectivity index (χ2v) is 7.64. The highest BCUT2D eigenvalue weighted by molar-refractivity contribution is 9.10. The molecule has 0 saturated carbocycles. The zero-order chi connectivity index (χ0) is 13.2. The van der Waals surface area contributed by atoms with Crippen LogP contribution in [0.5, 0.6) is 0 Å². The van der Waals surface area contributed by atoms with Gasteiger partial charge in [-0.05, 0) is 29.8 Å². The minimum Gasteiger partial charge on any atom is -0.236 e. The predicted molar refractivity (Wildman–Crippen MR) is 90.3 cm³/mol. The van der Waals surface area contributed by atoms with E-state index in [-0.39, 0.29) is 0 Å². The van der Waals surface area contributed by atoms with Gasteiger partial charge in [-0.2, -0.15) is 0 Å². The third kappa shape index (κ3) is 2.79. The molecular formula is C14H10BrNS3. The summed E-state index contributed by atoms with van der Waals surface area (Å²) in [6.45, 7) is 0. The normalized spacial score (nSPS) is 10.8. The molecule has 0 fully saturated rings. The number of thiophene rings is 1. The largest absolute Gasteiger partial charge is 0.236 e. The first-order chi connectivity index (χ1) is 9.28. The molecule has 0 N–H and O–H groups in total. The van der Waals surface area contributed by atoms with E-state index in [1.807, 2.05) is 12.1 Å². The number of thiazole rings is 1. The van der Waals surface area contributed by atoms with Crippen LogP contribution in [-0.2, 0) is 0 Å². The molecule has 0 atom stereocenters. The van der Waals surface area contributed by atoms with Crippen molar-refractivity contribution in [3.63, 3.8) is 0 Å². The maximum Gasteiger partial charge on any atom is 0.126 e. The number of halogens is 1. The van der Waals surface area contributed by atoms with Crippen LogP contribution >= 0.6 is 50.4 Å². The van der Waals surface area contributed by atoms with E-state index in [0.717, 1.165) is 20.7 Å². The molecule has 3 aromatic rings. The number of aromatic nitrogens is 1. The number of rotatable bonds is 3. The first-order valence-electron chi connectivity index (χ1n) is 5.61. The van der Waals surface area contributed by atoms with Crippen molar-refractivity contribution in [3.05, 3.63) is 45.6 Å². The molecule has 1 aromatic carbocycles. The van der Waals surface area contributed by atoms with Gasteiger partial charge in [0, 0.05) is 21.0 Å². The highest BCUT2D eigenvalue weighted by atomic mass is 79.9. The average Bonchev–Trinajstić information content (AvgIpc) is 3.07. The van der Waals surface area contributed by atoms with Crippen LogP contribution in [0.4, 0.5) is 0 Å². The molecule has 0 spiro atoms. The molecule has 5 heteroatoms. The summed E-state index contributed by atoms with van der Waals surface area (Å²) in [6.07, 6.45) is 2.11. The number of hydrogen-bond donors (Lipinski definition) is 0. The van der Waals surface area contributed by atoms with E-state index in [1.54, 1.807) is 34.4 Å². The van der Waals surface area contributed by atoms with Crippen molar-refractivity contribution in [1.29, 1.82) is 0 Å². The molecular weight excluding hydrogens is 358 g/mol. The van der Waals surface area contributed by atoms with E-state index in [1.165, 1.54) is 9.77 Å². The fourth-order valence-corrected chi connectivity index (χ4v) is 4.73. The summed E-state index contributed by atoms with van der Waals surface area (Å²) in [6, 6.07) is 10.4. The molecule has 0 aliphatic heterocycles. The number of thioether (sulfide) groups is 1. The summed E-state index contributed by atoms with van der Waals surface area (Å²) in [7, 11) is 0. The van der Waals surface area contributed by atoms with Crippen LogP contribution in [-0.4, -0.2) is 11.2 Å². The molecule has 3 rings (SSSR count). The van der Waals surface area contributed by atoms with Gasteiger partial charge in [0.2, 0.25) is 0 Å². The van der Waals surface area contributed by atoms with Crippen molar-refractivity contribution in [2.24, 2.45) is 0 Å². The quantitative estimate of drug-likeness (QED) is 0.524. The van der Waals surface area contributed by atoms with Gasteiger partial charge in [-0.25, -0.2) is 4.98 Å². The van der Waals surface area contributed by atoms with E-state index < -0.39 is 0 Å². The zero-order valence-corrected chi connectivity index (χ0v) is 14.1. The molecule has 0 amide bonds. The van der Waals surface area contributed by atoms with Crippen molar-refractivity contribution < 1.29 is 0 Å². The summed E-state index contributed by atoms with van der Waals surface area (Å²) in [5, 5.41) is 5.35. The Bertz CT molecular complexity index is 702. The van der Waals surface area contributed by atoms with E-state index in [4.69, 9.17) is 4.98 Å². The molecule has 0 saturated heterocycles. The molecule has 96 valence electrons. The van der Waals surface area contributed by atoms with Gasteiger partial charge in [0.05, 0.1) is 9.90 Å². The smallest absolute Gasteiger partial charge is 0.126 e. The average molecular weight is 368 g/mol. The lowest BCUT2D eigenvalue weighted by Crippen LogP contribution is -1.79. The molecule has 0 aliphatic carbocycles. The minimum atomic E-state index is 1.04. The lowest BCUT2D eigenvalue weighted by Gasteiger charge is -1.98. The maximum absolute atomic E-state index is 4.76. The Kier molecular flexibility index (Phi) is 4.07. The van der Waals surface area contributed by atoms with Gasteiger partial charge in [-0.1, -0.05) is 28.1 Å². The Hall–Kier alpha value is -0.620. The van der Waals surface area contributed by atoms with E-state index in [2.05, 4.69) is 51.1 Å². The van der Waals surface area contributed by atoms with Crippen molar-refractivity contribution >= 4 is 50.4 Å². The maximum atomic E-state index is 4.76. The van der Waals surface area contributed by atoms with Crippen LogP contribution in [0, 0.1) is 0 Å². The van der Waals surface area contributed by atoms with Crippen molar-refractivity contribution in [2.45, 2.75) is 4.21 Å². The molecule has 0 aliphatic rings. The van der Waals surface area contributed by atoms with Gasteiger partial charge in [-0.3, -0.25) is 0 Å². The second kappa shape index (κ2) is 5.79. The van der Waals surface area contributed by atoms with Gasteiger partial charge in [0.15, 0.2) is 0 Å². The van der Waals surface area contributed by atoms with Gasteiger partial charge in [0.1, 0.15) is 5.01 Å². The summed E-state index contributed by atoms with van der Waals surface area (Å²) in [5.41, 5.74) is 3.45. The molecule has 2 aromatic heterocycles. The molecule has 19 heavy (non-hydrogen) atoms. The fraction of sp³-hybridized carbons (Fsp3) is 0.0714. The summed E-state index contributed by atoms with van der Waals surface area (Å²) < 4.78 is 2.41. The Morgan fingerprint density at radius 1 is 1.21 bits per heavy atom. The molecule has 1 nitrogen and oxygen atoms in total. The van der Waals surface area contributed by atoms with Gasteiger partial charge in [-0.15, -0.1) is 34.4 Å². The summed E-state index contributed by atoms with van der Waals surface area (Å²) >= 11 is 8.76. The zero-order valence-electron chi connectivity index (χ0n) is 10.1. The molecule has 2 heterocycles.